The van der Waals surface area contributed by atoms with Crippen LogP contribution in [0, 0.1) is 0 Å². The molecule has 1 aromatic carbocycles. The zero-order valence-electron chi connectivity index (χ0n) is 11.8. The van der Waals surface area contributed by atoms with Crippen LogP contribution in [-0.4, -0.2) is 23.0 Å². The van der Waals surface area contributed by atoms with Crippen molar-refractivity contribution in [1.82, 2.24) is 9.88 Å². The van der Waals surface area contributed by atoms with Crippen molar-refractivity contribution in [2.45, 2.75) is 25.6 Å². The van der Waals surface area contributed by atoms with E-state index in [9.17, 15) is 0 Å². The molecule has 0 saturated carbocycles. The van der Waals surface area contributed by atoms with Gasteiger partial charge in [0.2, 0.25) is 0 Å². The molecule has 0 amide bonds. The minimum Gasteiger partial charge on any atom is -0.326 e. The lowest BCUT2D eigenvalue weighted by Crippen LogP contribution is -2.37. The van der Waals surface area contributed by atoms with E-state index in [0.29, 0.717) is 0 Å². The van der Waals surface area contributed by atoms with Crippen LogP contribution >= 0.6 is 15.9 Å². The Kier molecular flexibility index (Phi) is 5.29. The number of pyridine rings is 1. The predicted molar refractivity (Wildman–Crippen MR) is 86.2 cm³/mol. The minimum absolute atomic E-state index is 0.0462. The van der Waals surface area contributed by atoms with Gasteiger partial charge in [0.1, 0.15) is 0 Å². The van der Waals surface area contributed by atoms with Crippen LogP contribution in [-0.2, 0) is 6.54 Å². The summed E-state index contributed by atoms with van der Waals surface area (Å²) in [5.74, 6) is 0. The lowest BCUT2D eigenvalue weighted by atomic mass is 9.99. The van der Waals surface area contributed by atoms with Crippen molar-refractivity contribution in [3.63, 3.8) is 0 Å². The third-order valence-electron chi connectivity index (χ3n) is 3.32. The average molecular weight is 334 g/mol. The molecule has 2 N–H and O–H groups in total. The molecule has 0 spiro atoms. The minimum atomic E-state index is 0.0462. The highest BCUT2D eigenvalue weighted by atomic mass is 79.9. The van der Waals surface area contributed by atoms with Gasteiger partial charge in [0, 0.05) is 29.3 Å². The SMILES string of the molecule is CC(N)C(c1ccc(Br)cc1)N(C)Cc1ccccn1. The molecule has 0 aliphatic rings. The molecule has 0 saturated heterocycles. The summed E-state index contributed by atoms with van der Waals surface area (Å²) in [6.07, 6.45) is 1.82. The predicted octanol–water partition coefficient (Wildman–Crippen LogP) is 3.36. The Labute approximate surface area is 129 Å². The number of benzene rings is 1. The first-order chi connectivity index (χ1) is 9.58. The highest BCUT2D eigenvalue weighted by Gasteiger charge is 2.21. The molecule has 0 aliphatic carbocycles. The first-order valence-corrected chi connectivity index (χ1v) is 7.48. The summed E-state index contributed by atoms with van der Waals surface area (Å²) < 4.78 is 1.08. The molecular formula is C16H20BrN3. The fourth-order valence-electron chi connectivity index (χ4n) is 2.46. The van der Waals surface area contributed by atoms with Crippen LogP contribution in [0.2, 0.25) is 0 Å². The highest BCUT2D eigenvalue weighted by Crippen LogP contribution is 2.25. The number of aromatic nitrogens is 1. The zero-order valence-corrected chi connectivity index (χ0v) is 13.4. The highest BCUT2D eigenvalue weighted by molar-refractivity contribution is 9.10. The average Bonchev–Trinajstić information content (AvgIpc) is 2.42. The summed E-state index contributed by atoms with van der Waals surface area (Å²) >= 11 is 3.47. The topological polar surface area (TPSA) is 42.1 Å². The number of halogens is 1. The van der Waals surface area contributed by atoms with E-state index in [1.165, 1.54) is 5.56 Å². The van der Waals surface area contributed by atoms with Gasteiger partial charge in [0.25, 0.3) is 0 Å². The number of hydrogen-bond acceptors (Lipinski definition) is 3. The Morgan fingerprint density at radius 3 is 2.45 bits per heavy atom. The van der Waals surface area contributed by atoms with E-state index in [4.69, 9.17) is 5.73 Å². The van der Waals surface area contributed by atoms with Gasteiger partial charge < -0.3 is 5.73 Å². The molecule has 1 aromatic heterocycles. The van der Waals surface area contributed by atoms with Crippen LogP contribution in [0.3, 0.4) is 0 Å². The lowest BCUT2D eigenvalue weighted by molar-refractivity contribution is 0.208. The molecule has 2 rings (SSSR count). The molecule has 20 heavy (non-hydrogen) atoms. The molecule has 0 radical (unpaired) electrons. The molecule has 0 aliphatic heterocycles. The van der Waals surface area contributed by atoms with Crippen molar-refractivity contribution < 1.29 is 0 Å². The van der Waals surface area contributed by atoms with Gasteiger partial charge in [0.15, 0.2) is 0 Å². The van der Waals surface area contributed by atoms with Crippen molar-refractivity contribution in [1.29, 1.82) is 0 Å². The van der Waals surface area contributed by atoms with Gasteiger partial charge in [-0.25, -0.2) is 0 Å². The van der Waals surface area contributed by atoms with Crippen molar-refractivity contribution >= 4 is 15.9 Å². The summed E-state index contributed by atoms with van der Waals surface area (Å²) in [7, 11) is 2.09. The molecule has 0 bridgehead atoms. The van der Waals surface area contributed by atoms with Crippen LogP contribution in [0.5, 0.6) is 0 Å². The van der Waals surface area contributed by atoms with E-state index in [-0.39, 0.29) is 12.1 Å². The maximum atomic E-state index is 6.19. The Balaban J connectivity index is 2.18. The van der Waals surface area contributed by atoms with E-state index in [2.05, 4.69) is 57.1 Å². The molecule has 3 nitrogen and oxygen atoms in total. The molecule has 4 heteroatoms. The van der Waals surface area contributed by atoms with Crippen molar-refractivity contribution in [2.75, 3.05) is 7.05 Å². The third-order valence-corrected chi connectivity index (χ3v) is 3.85. The molecule has 0 fully saturated rings. The van der Waals surface area contributed by atoms with Crippen molar-refractivity contribution in [3.8, 4) is 0 Å². The second kappa shape index (κ2) is 6.97. The summed E-state index contributed by atoms with van der Waals surface area (Å²) in [5.41, 5.74) is 8.46. The summed E-state index contributed by atoms with van der Waals surface area (Å²) in [6.45, 7) is 2.82. The Bertz CT molecular complexity index is 525. The van der Waals surface area contributed by atoms with E-state index < -0.39 is 0 Å². The van der Waals surface area contributed by atoms with Gasteiger partial charge >= 0.3 is 0 Å². The molecule has 2 unspecified atom stereocenters. The first-order valence-electron chi connectivity index (χ1n) is 6.69. The molecular weight excluding hydrogens is 314 g/mol. The maximum Gasteiger partial charge on any atom is 0.0544 e. The van der Waals surface area contributed by atoms with Gasteiger partial charge in [0.05, 0.1) is 5.69 Å². The smallest absolute Gasteiger partial charge is 0.0544 e. The first kappa shape index (κ1) is 15.2. The largest absolute Gasteiger partial charge is 0.326 e. The van der Waals surface area contributed by atoms with Crippen LogP contribution in [0.25, 0.3) is 0 Å². The van der Waals surface area contributed by atoms with E-state index in [1.807, 2.05) is 31.3 Å². The summed E-state index contributed by atoms with van der Waals surface area (Å²) in [6, 6.07) is 14.5. The van der Waals surface area contributed by atoms with Crippen LogP contribution in [0.15, 0.2) is 53.1 Å². The van der Waals surface area contributed by atoms with Gasteiger partial charge in [-0.05, 0) is 43.8 Å². The summed E-state index contributed by atoms with van der Waals surface area (Å²) in [4.78, 5) is 6.62. The number of likely N-dealkylation sites (N-methyl/N-ethyl adjacent to an activating group) is 1. The van der Waals surface area contributed by atoms with E-state index >= 15 is 0 Å². The third kappa shape index (κ3) is 3.88. The normalized spacial score (nSPS) is 14.2. The number of nitrogens with two attached hydrogens (primary N) is 1. The fourth-order valence-corrected chi connectivity index (χ4v) is 2.73. The van der Waals surface area contributed by atoms with Gasteiger partial charge in [-0.2, -0.15) is 0 Å². The van der Waals surface area contributed by atoms with Gasteiger partial charge in [-0.3, -0.25) is 9.88 Å². The quantitative estimate of drug-likeness (QED) is 0.912. The van der Waals surface area contributed by atoms with Crippen LogP contribution in [0.4, 0.5) is 0 Å². The number of nitrogens with zero attached hydrogens (tertiary/aromatic N) is 2. The second-order valence-electron chi connectivity index (χ2n) is 5.09. The van der Waals surface area contributed by atoms with Gasteiger partial charge in [-0.15, -0.1) is 0 Å². The fraction of sp³-hybridized carbons (Fsp3) is 0.312. The number of hydrogen-bond donors (Lipinski definition) is 1. The molecule has 2 aromatic rings. The molecule has 2 atom stereocenters. The molecule has 1 heterocycles. The van der Waals surface area contributed by atoms with E-state index in [0.717, 1.165) is 16.7 Å². The van der Waals surface area contributed by atoms with Crippen LogP contribution < -0.4 is 5.73 Å². The summed E-state index contributed by atoms with van der Waals surface area (Å²) in [5, 5.41) is 0. The Morgan fingerprint density at radius 2 is 1.90 bits per heavy atom. The van der Waals surface area contributed by atoms with Gasteiger partial charge in [-0.1, -0.05) is 34.1 Å². The monoisotopic (exact) mass is 333 g/mol. The Morgan fingerprint density at radius 1 is 1.20 bits per heavy atom. The standard InChI is InChI=1S/C16H20BrN3/c1-12(18)16(13-6-8-14(17)9-7-13)20(2)11-15-5-3-4-10-19-15/h3-10,12,16H,11,18H2,1-2H3. The molecule has 106 valence electrons. The maximum absolute atomic E-state index is 6.19. The van der Waals surface area contributed by atoms with Crippen molar-refractivity contribution in [3.05, 3.63) is 64.4 Å². The second-order valence-corrected chi connectivity index (χ2v) is 6.01. The van der Waals surface area contributed by atoms with E-state index in [1.54, 1.807) is 0 Å². The Hall–Kier alpha value is -1.23. The number of rotatable bonds is 5. The van der Waals surface area contributed by atoms with Crippen LogP contribution in [0.1, 0.15) is 24.2 Å². The lowest BCUT2D eigenvalue weighted by Gasteiger charge is -2.31. The zero-order chi connectivity index (χ0) is 14.5. The van der Waals surface area contributed by atoms with Crippen molar-refractivity contribution in [2.24, 2.45) is 5.73 Å².